The van der Waals surface area contributed by atoms with Gasteiger partial charge in [0.1, 0.15) is 10.6 Å². The number of aromatic amines is 1. The Morgan fingerprint density at radius 1 is 1.26 bits per heavy atom. The van der Waals surface area contributed by atoms with Crippen molar-refractivity contribution in [2.75, 3.05) is 4.72 Å². The van der Waals surface area contributed by atoms with Gasteiger partial charge in [0.15, 0.2) is 0 Å². The van der Waals surface area contributed by atoms with Crippen LogP contribution >= 0.6 is 0 Å². The molecule has 2 rings (SSSR count). The van der Waals surface area contributed by atoms with E-state index in [1.165, 1.54) is 0 Å². The van der Waals surface area contributed by atoms with Crippen LogP contribution in [0.1, 0.15) is 17.0 Å². The highest BCUT2D eigenvalue weighted by Crippen LogP contribution is 2.21. The quantitative estimate of drug-likeness (QED) is 0.787. The lowest BCUT2D eigenvalue weighted by Gasteiger charge is -2.08. The van der Waals surface area contributed by atoms with Crippen molar-refractivity contribution in [2.24, 2.45) is 0 Å². The fraction of sp³-hybridized carbons (Fsp3) is 0.250. The maximum Gasteiger partial charge on any atom is 0.265 e. The Balaban J connectivity index is 2.37. The summed E-state index contributed by atoms with van der Waals surface area (Å²) in [6.45, 7) is 3.08. The van der Waals surface area contributed by atoms with Crippen molar-refractivity contribution in [2.45, 2.75) is 25.3 Å². The van der Waals surface area contributed by atoms with Crippen LogP contribution in [0.2, 0.25) is 0 Å². The Labute approximate surface area is 111 Å². The first-order chi connectivity index (χ1) is 8.94. The van der Waals surface area contributed by atoms with Gasteiger partial charge in [0.25, 0.3) is 10.0 Å². The number of hydrogen-bond acceptors (Lipinski definition) is 4. The fourth-order valence-electron chi connectivity index (χ4n) is 1.76. The number of nitrogens with one attached hydrogen (secondary N) is 2. The third-order valence-electron chi connectivity index (χ3n) is 2.68. The van der Waals surface area contributed by atoms with E-state index in [1.807, 2.05) is 19.1 Å². The predicted octanol–water partition coefficient (Wildman–Crippen LogP) is 1.32. The predicted molar refractivity (Wildman–Crippen MR) is 71.2 cm³/mol. The average Bonchev–Trinajstić information content (AvgIpc) is 2.74. The number of aromatic nitrogens is 2. The van der Waals surface area contributed by atoms with Crippen LogP contribution in [0, 0.1) is 13.8 Å². The molecule has 102 valence electrons. The number of benzene rings is 1. The van der Waals surface area contributed by atoms with Gasteiger partial charge in [0, 0.05) is 5.69 Å². The van der Waals surface area contributed by atoms with Crippen LogP contribution in [0.4, 0.5) is 5.69 Å². The van der Waals surface area contributed by atoms with Crippen LogP contribution in [0.5, 0.6) is 0 Å². The average molecular weight is 281 g/mol. The van der Waals surface area contributed by atoms with Crippen LogP contribution < -0.4 is 4.72 Å². The first-order valence-electron chi connectivity index (χ1n) is 5.68. The van der Waals surface area contributed by atoms with Gasteiger partial charge < -0.3 is 5.11 Å². The summed E-state index contributed by atoms with van der Waals surface area (Å²) < 4.78 is 27.0. The molecule has 0 radical (unpaired) electrons. The molecule has 0 saturated carbocycles. The molecule has 0 saturated heterocycles. The molecule has 0 aliphatic rings. The Kier molecular flexibility index (Phi) is 3.59. The Morgan fingerprint density at radius 2 is 1.89 bits per heavy atom. The molecule has 0 aliphatic carbocycles. The summed E-state index contributed by atoms with van der Waals surface area (Å²) in [4.78, 5) is -0.00410. The first kappa shape index (κ1) is 13.6. The molecule has 7 heteroatoms. The van der Waals surface area contributed by atoms with E-state index in [-0.39, 0.29) is 10.6 Å². The summed E-state index contributed by atoms with van der Waals surface area (Å²) in [5.41, 5.74) is 2.01. The van der Waals surface area contributed by atoms with E-state index in [0.29, 0.717) is 11.4 Å². The van der Waals surface area contributed by atoms with E-state index in [9.17, 15) is 8.42 Å². The Morgan fingerprint density at radius 3 is 2.47 bits per heavy atom. The van der Waals surface area contributed by atoms with Gasteiger partial charge in [-0.1, -0.05) is 17.7 Å². The second-order valence-electron chi connectivity index (χ2n) is 4.25. The monoisotopic (exact) mass is 281 g/mol. The van der Waals surface area contributed by atoms with Gasteiger partial charge >= 0.3 is 0 Å². The third kappa shape index (κ3) is 2.77. The van der Waals surface area contributed by atoms with Crippen molar-refractivity contribution < 1.29 is 13.5 Å². The van der Waals surface area contributed by atoms with Crippen molar-refractivity contribution in [3.8, 4) is 0 Å². The minimum absolute atomic E-state index is 0.00410. The summed E-state index contributed by atoms with van der Waals surface area (Å²) in [6, 6.07) is 6.99. The van der Waals surface area contributed by atoms with Gasteiger partial charge in [-0.2, -0.15) is 5.10 Å². The van der Waals surface area contributed by atoms with E-state index >= 15 is 0 Å². The molecule has 6 nitrogen and oxygen atoms in total. The molecule has 0 unspecified atom stereocenters. The van der Waals surface area contributed by atoms with E-state index in [2.05, 4.69) is 14.9 Å². The molecule has 0 amide bonds. The zero-order chi connectivity index (χ0) is 14.0. The summed E-state index contributed by atoms with van der Waals surface area (Å²) in [5.74, 6) is 0. The first-order valence-corrected chi connectivity index (χ1v) is 7.16. The second-order valence-corrected chi connectivity index (χ2v) is 5.87. The van der Waals surface area contributed by atoms with Gasteiger partial charge in [-0.3, -0.25) is 9.82 Å². The van der Waals surface area contributed by atoms with E-state index in [0.717, 1.165) is 5.56 Å². The van der Waals surface area contributed by atoms with Gasteiger partial charge in [-0.15, -0.1) is 0 Å². The highest BCUT2D eigenvalue weighted by Gasteiger charge is 2.23. The van der Waals surface area contributed by atoms with E-state index in [4.69, 9.17) is 5.11 Å². The molecule has 19 heavy (non-hydrogen) atoms. The topological polar surface area (TPSA) is 95.1 Å². The van der Waals surface area contributed by atoms with Crippen molar-refractivity contribution in [3.63, 3.8) is 0 Å². The standard InChI is InChI=1S/C12H15N3O3S/c1-8-3-5-10(6-4-8)15-19(17,18)12-9(2)13-14-11(12)7-16/h3-6,15-16H,7H2,1-2H3,(H,13,14). The largest absolute Gasteiger partial charge is 0.390 e. The number of sulfonamides is 1. The Hall–Kier alpha value is -1.86. The molecular weight excluding hydrogens is 266 g/mol. The minimum atomic E-state index is -3.76. The molecule has 0 spiro atoms. The summed E-state index contributed by atoms with van der Waals surface area (Å²) in [7, 11) is -3.76. The molecule has 1 aromatic carbocycles. The minimum Gasteiger partial charge on any atom is -0.390 e. The number of aliphatic hydroxyl groups is 1. The number of hydrogen-bond donors (Lipinski definition) is 3. The van der Waals surface area contributed by atoms with Gasteiger partial charge in [-0.05, 0) is 26.0 Å². The lowest BCUT2D eigenvalue weighted by molar-refractivity contribution is 0.273. The normalized spacial score (nSPS) is 11.5. The highest BCUT2D eigenvalue weighted by atomic mass is 32.2. The maximum atomic E-state index is 12.3. The van der Waals surface area contributed by atoms with Gasteiger partial charge in [-0.25, -0.2) is 8.42 Å². The fourth-order valence-corrected chi connectivity index (χ4v) is 3.18. The van der Waals surface area contributed by atoms with Crippen LogP contribution in [-0.4, -0.2) is 23.7 Å². The van der Waals surface area contributed by atoms with E-state index < -0.39 is 16.6 Å². The van der Waals surface area contributed by atoms with Crippen LogP contribution in [0.3, 0.4) is 0 Å². The molecule has 1 aromatic heterocycles. The third-order valence-corrected chi connectivity index (χ3v) is 4.27. The lowest BCUT2D eigenvalue weighted by Crippen LogP contribution is -2.15. The zero-order valence-electron chi connectivity index (χ0n) is 10.6. The van der Waals surface area contributed by atoms with Crippen LogP contribution in [0.15, 0.2) is 29.2 Å². The number of rotatable bonds is 4. The summed E-state index contributed by atoms with van der Waals surface area (Å²) in [6.07, 6.45) is 0. The SMILES string of the molecule is Cc1ccc(NS(=O)(=O)c2c(CO)n[nH]c2C)cc1. The number of H-pyrrole nitrogens is 1. The number of anilines is 1. The molecule has 2 aromatic rings. The van der Waals surface area contributed by atoms with Crippen molar-refractivity contribution >= 4 is 15.7 Å². The van der Waals surface area contributed by atoms with Crippen molar-refractivity contribution in [3.05, 3.63) is 41.2 Å². The highest BCUT2D eigenvalue weighted by molar-refractivity contribution is 7.92. The Bertz CT molecular complexity index is 675. The maximum absolute atomic E-state index is 12.3. The zero-order valence-corrected chi connectivity index (χ0v) is 11.5. The number of aryl methyl sites for hydroxylation is 2. The smallest absolute Gasteiger partial charge is 0.265 e. The van der Waals surface area contributed by atoms with Crippen LogP contribution in [-0.2, 0) is 16.6 Å². The number of aliphatic hydroxyl groups excluding tert-OH is 1. The van der Waals surface area contributed by atoms with Gasteiger partial charge in [0.2, 0.25) is 0 Å². The molecule has 0 bridgehead atoms. The molecule has 1 heterocycles. The molecule has 3 N–H and O–H groups in total. The van der Waals surface area contributed by atoms with Gasteiger partial charge in [0.05, 0.1) is 12.3 Å². The lowest BCUT2D eigenvalue weighted by atomic mass is 10.2. The molecular formula is C12H15N3O3S. The molecule has 0 atom stereocenters. The van der Waals surface area contributed by atoms with E-state index in [1.54, 1.807) is 19.1 Å². The second kappa shape index (κ2) is 5.02. The summed E-state index contributed by atoms with van der Waals surface area (Å²) >= 11 is 0. The van der Waals surface area contributed by atoms with Crippen molar-refractivity contribution in [1.82, 2.24) is 10.2 Å². The number of nitrogens with zero attached hydrogens (tertiary/aromatic N) is 1. The molecule has 0 aliphatic heterocycles. The molecule has 0 fully saturated rings. The van der Waals surface area contributed by atoms with Crippen LogP contribution in [0.25, 0.3) is 0 Å². The summed E-state index contributed by atoms with van der Waals surface area (Å²) in [5, 5.41) is 15.4. The van der Waals surface area contributed by atoms with Crippen molar-refractivity contribution in [1.29, 1.82) is 0 Å².